The molecule has 1 fully saturated rings. The molecule has 4 aromatic rings. The molecule has 1 aliphatic rings. The first kappa shape index (κ1) is 16.7. The highest BCUT2D eigenvalue weighted by Gasteiger charge is 2.22. The lowest BCUT2D eigenvalue weighted by molar-refractivity contribution is 0.343. The number of fused-ring (bicyclic) bond motifs is 1. The number of hydrogen-bond donors (Lipinski definition) is 0. The van der Waals surface area contributed by atoms with Gasteiger partial charge >= 0.3 is 0 Å². The van der Waals surface area contributed by atoms with Crippen molar-refractivity contribution < 1.29 is 8.94 Å². The van der Waals surface area contributed by atoms with E-state index >= 15 is 0 Å². The summed E-state index contributed by atoms with van der Waals surface area (Å²) in [5.74, 6) is 2.09. The van der Waals surface area contributed by atoms with E-state index in [1.807, 2.05) is 18.2 Å². The van der Waals surface area contributed by atoms with Gasteiger partial charge < -0.3 is 13.5 Å². The Kier molecular flexibility index (Phi) is 4.49. The van der Waals surface area contributed by atoms with Gasteiger partial charge in [-0.2, -0.15) is 0 Å². The zero-order chi connectivity index (χ0) is 18.1. The first-order valence-electron chi connectivity index (χ1n) is 9.48. The number of aromatic nitrogens is 3. The van der Waals surface area contributed by atoms with Crippen molar-refractivity contribution in [1.29, 1.82) is 0 Å². The molecule has 0 bridgehead atoms. The van der Waals surface area contributed by atoms with E-state index in [4.69, 9.17) is 13.9 Å². The maximum absolute atomic E-state index is 5.42. The van der Waals surface area contributed by atoms with E-state index in [0.717, 1.165) is 22.1 Å². The minimum Gasteiger partial charge on any atom is -0.461 e. The summed E-state index contributed by atoms with van der Waals surface area (Å²) >= 11 is 1.73. The van der Waals surface area contributed by atoms with Crippen molar-refractivity contribution in [3.05, 3.63) is 54.4 Å². The second-order valence-electron chi connectivity index (χ2n) is 6.99. The average molecular weight is 379 g/mol. The van der Waals surface area contributed by atoms with Crippen LogP contribution < -0.4 is 0 Å². The van der Waals surface area contributed by atoms with E-state index in [1.54, 1.807) is 18.0 Å². The second-order valence-corrected chi connectivity index (χ2v) is 7.94. The molecule has 0 aliphatic heterocycles. The number of nitrogens with zero attached hydrogens (tertiary/aromatic N) is 3. The molecule has 6 heteroatoms. The Morgan fingerprint density at radius 1 is 1.04 bits per heavy atom. The van der Waals surface area contributed by atoms with Gasteiger partial charge in [0, 0.05) is 17.9 Å². The third kappa shape index (κ3) is 3.30. The molecule has 5 nitrogen and oxygen atoms in total. The molecule has 5 rings (SSSR count). The van der Waals surface area contributed by atoms with Crippen LogP contribution in [0, 0.1) is 0 Å². The van der Waals surface area contributed by atoms with Crippen LogP contribution in [0.2, 0.25) is 0 Å². The Hall–Kier alpha value is -2.47. The molecule has 0 amide bonds. The lowest BCUT2D eigenvalue weighted by Crippen LogP contribution is -2.13. The van der Waals surface area contributed by atoms with E-state index in [-0.39, 0.29) is 0 Å². The molecule has 1 saturated carbocycles. The van der Waals surface area contributed by atoms with Gasteiger partial charge in [-0.1, -0.05) is 48.3 Å². The number of benzene rings is 1. The van der Waals surface area contributed by atoms with Crippen LogP contribution >= 0.6 is 11.8 Å². The summed E-state index contributed by atoms with van der Waals surface area (Å²) in [7, 11) is 0. The normalized spacial score (nSPS) is 15.6. The fourth-order valence-electron chi connectivity index (χ4n) is 3.87. The van der Waals surface area contributed by atoms with Gasteiger partial charge in [0.15, 0.2) is 10.9 Å². The minimum atomic E-state index is 0.546. The maximum Gasteiger partial charge on any atom is 0.202 e. The number of imidazole rings is 1. The highest BCUT2D eigenvalue weighted by atomic mass is 32.2. The molecular weight excluding hydrogens is 358 g/mol. The Bertz CT molecular complexity index is 1030. The third-order valence-corrected chi connectivity index (χ3v) is 6.16. The summed E-state index contributed by atoms with van der Waals surface area (Å²) in [6.07, 6.45) is 8.06. The summed E-state index contributed by atoms with van der Waals surface area (Å²) in [4.78, 5) is 4.91. The van der Waals surface area contributed by atoms with E-state index < -0.39 is 0 Å². The molecule has 0 spiro atoms. The molecule has 138 valence electrons. The largest absolute Gasteiger partial charge is 0.461 e. The van der Waals surface area contributed by atoms with Crippen molar-refractivity contribution in [1.82, 2.24) is 14.7 Å². The van der Waals surface area contributed by atoms with Gasteiger partial charge in [-0.3, -0.25) is 0 Å². The Balaban J connectivity index is 1.41. The van der Waals surface area contributed by atoms with Gasteiger partial charge in [-0.05, 0) is 37.1 Å². The zero-order valence-corrected chi connectivity index (χ0v) is 15.8. The molecule has 0 radical (unpaired) electrons. The monoisotopic (exact) mass is 379 g/mol. The standard InChI is InChI=1S/C21H21N3O2S/c1-2-7-16(8-3-1)24-18-10-5-4-9-17(18)22-21(24)27-14-15-13-20(26-23-15)19-11-6-12-25-19/h4-6,9-13,16H,1-3,7-8,14H2. The summed E-state index contributed by atoms with van der Waals surface area (Å²) in [6, 6.07) is 14.7. The highest BCUT2D eigenvalue weighted by molar-refractivity contribution is 7.98. The summed E-state index contributed by atoms with van der Waals surface area (Å²) in [5, 5.41) is 5.27. The Morgan fingerprint density at radius 2 is 1.93 bits per heavy atom. The smallest absolute Gasteiger partial charge is 0.202 e. The van der Waals surface area contributed by atoms with Crippen LogP contribution in [0.25, 0.3) is 22.6 Å². The fraction of sp³-hybridized carbons (Fsp3) is 0.333. The molecule has 3 heterocycles. The topological polar surface area (TPSA) is 57.0 Å². The van der Waals surface area contributed by atoms with E-state index in [1.165, 1.54) is 37.6 Å². The van der Waals surface area contributed by atoms with Crippen molar-refractivity contribution >= 4 is 22.8 Å². The SMILES string of the molecule is c1coc(-c2cc(CSc3nc4ccccc4n3C3CCCCC3)no2)c1. The third-order valence-electron chi connectivity index (χ3n) is 5.18. The minimum absolute atomic E-state index is 0.546. The van der Waals surface area contributed by atoms with Crippen LogP contribution in [0.15, 0.2) is 62.8 Å². The van der Waals surface area contributed by atoms with E-state index in [0.29, 0.717) is 17.6 Å². The molecule has 1 aromatic carbocycles. The van der Waals surface area contributed by atoms with E-state index in [9.17, 15) is 0 Å². The molecule has 1 aliphatic carbocycles. The van der Waals surface area contributed by atoms with Crippen LogP contribution in [0.1, 0.15) is 43.8 Å². The van der Waals surface area contributed by atoms with Crippen LogP contribution in [-0.4, -0.2) is 14.7 Å². The molecule has 27 heavy (non-hydrogen) atoms. The number of rotatable bonds is 5. The molecule has 0 N–H and O–H groups in total. The van der Waals surface area contributed by atoms with Crippen molar-refractivity contribution in [2.24, 2.45) is 0 Å². The van der Waals surface area contributed by atoms with Gasteiger partial charge in [-0.25, -0.2) is 4.98 Å². The number of hydrogen-bond acceptors (Lipinski definition) is 5. The van der Waals surface area contributed by atoms with Gasteiger partial charge in [0.25, 0.3) is 0 Å². The van der Waals surface area contributed by atoms with Gasteiger partial charge in [0.05, 0.1) is 23.0 Å². The average Bonchev–Trinajstić information content (AvgIpc) is 3.45. The summed E-state index contributed by atoms with van der Waals surface area (Å²) in [6.45, 7) is 0. The second kappa shape index (κ2) is 7.27. The number of para-hydroxylation sites is 2. The molecule has 0 unspecified atom stereocenters. The van der Waals surface area contributed by atoms with Gasteiger partial charge in [-0.15, -0.1) is 0 Å². The lowest BCUT2D eigenvalue weighted by atomic mass is 9.95. The number of thioether (sulfide) groups is 1. The lowest BCUT2D eigenvalue weighted by Gasteiger charge is -2.25. The molecular formula is C21H21N3O2S. The highest BCUT2D eigenvalue weighted by Crippen LogP contribution is 2.36. The van der Waals surface area contributed by atoms with Gasteiger partial charge in [0.2, 0.25) is 5.76 Å². The predicted molar refractivity (Wildman–Crippen MR) is 106 cm³/mol. The molecule has 0 saturated heterocycles. The van der Waals surface area contributed by atoms with Crippen LogP contribution in [0.4, 0.5) is 0 Å². The number of furan rings is 1. The zero-order valence-electron chi connectivity index (χ0n) is 15.0. The van der Waals surface area contributed by atoms with Crippen molar-refractivity contribution in [2.75, 3.05) is 0 Å². The van der Waals surface area contributed by atoms with E-state index in [2.05, 4.69) is 34.0 Å². The van der Waals surface area contributed by atoms with Crippen LogP contribution in [0.5, 0.6) is 0 Å². The van der Waals surface area contributed by atoms with Gasteiger partial charge in [0.1, 0.15) is 0 Å². The predicted octanol–water partition coefficient (Wildman–Crippen LogP) is 6.08. The first-order chi connectivity index (χ1) is 13.4. The first-order valence-corrected chi connectivity index (χ1v) is 10.5. The Labute approximate surface area is 161 Å². The Morgan fingerprint density at radius 3 is 2.78 bits per heavy atom. The summed E-state index contributed by atoms with van der Waals surface area (Å²) < 4.78 is 13.2. The van der Waals surface area contributed by atoms with Crippen molar-refractivity contribution in [3.8, 4) is 11.5 Å². The summed E-state index contributed by atoms with van der Waals surface area (Å²) in [5.41, 5.74) is 3.21. The van der Waals surface area contributed by atoms with Crippen LogP contribution in [-0.2, 0) is 5.75 Å². The quantitative estimate of drug-likeness (QED) is 0.393. The van der Waals surface area contributed by atoms with Crippen molar-refractivity contribution in [3.63, 3.8) is 0 Å². The van der Waals surface area contributed by atoms with Crippen molar-refractivity contribution in [2.45, 2.75) is 49.1 Å². The molecule has 0 atom stereocenters. The maximum atomic E-state index is 5.42. The molecule has 3 aromatic heterocycles. The van der Waals surface area contributed by atoms with Crippen LogP contribution in [0.3, 0.4) is 0 Å². The fourth-order valence-corrected chi connectivity index (χ4v) is 4.83.